The fourth-order valence-corrected chi connectivity index (χ4v) is 2.02. The highest BCUT2D eigenvalue weighted by Gasteiger charge is 2.11. The SMILES string of the molecule is CCCC(Br)CNC(=O)c1ccc(CC)o1. The zero-order chi connectivity index (χ0) is 12.0. The van der Waals surface area contributed by atoms with Crippen molar-refractivity contribution in [2.24, 2.45) is 0 Å². The second-order valence-corrected chi connectivity index (χ2v) is 5.01. The minimum Gasteiger partial charge on any atom is -0.456 e. The topological polar surface area (TPSA) is 42.2 Å². The number of halogens is 1. The number of alkyl halides is 1. The lowest BCUT2D eigenvalue weighted by Gasteiger charge is -2.08. The summed E-state index contributed by atoms with van der Waals surface area (Å²) >= 11 is 3.51. The van der Waals surface area contributed by atoms with Crippen LogP contribution in [0, 0.1) is 0 Å². The number of furan rings is 1. The molecule has 1 aromatic heterocycles. The summed E-state index contributed by atoms with van der Waals surface area (Å²) in [6, 6.07) is 3.56. The number of aryl methyl sites for hydroxylation is 1. The van der Waals surface area contributed by atoms with E-state index in [1.165, 1.54) is 0 Å². The van der Waals surface area contributed by atoms with Crippen molar-refractivity contribution >= 4 is 21.8 Å². The quantitative estimate of drug-likeness (QED) is 0.817. The highest BCUT2D eigenvalue weighted by molar-refractivity contribution is 9.09. The van der Waals surface area contributed by atoms with Gasteiger partial charge in [0.05, 0.1) is 0 Å². The van der Waals surface area contributed by atoms with Crippen LogP contribution in [-0.4, -0.2) is 17.3 Å². The second-order valence-electron chi connectivity index (χ2n) is 3.72. The van der Waals surface area contributed by atoms with E-state index < -0.39 is 0 Å². The summed E-state index contributed by atoms with van der Waals surface area (Å²) in [4.78, 5) is 12.0. The third-order valence-electron chi connectivity index (χ3n) is 2.32. The number of carbonyl (C=O) groups excluding carboxylic acids is 1. The van der Waals surface area contributed by atoms with E-state index in [2.05, 4.69) is 28.2 Å². The molecule has 0 aliphatic heterocycles. The van der Waals surface area contributed by atoms with E-state index in [0.29, 0.717) is 17.1 Å². The molecule has 1 N–H and O–H groups in total. The minimum absolute atomic E-state index is 0.139. The number of amides is 1. The summed E-state index contributed by atoms with van der Waals surface area (Å²) in [6.45, 7) is 4.75. The second kappa shape index (κ2) is 6.74. The molecule has 0 radical (unpaired) electrons. The summed E-state index contributed by atoms with van der Waals surface area (Å²) in [6.07, 6.45) is 2.97. The summed E-state index contributed by atoms with van der Waals surface area (Å²) < 4.78 is 5.36. The third-order valence-corrected chi connectivity index (χ3v) is 3.10. The molecule has 3 nitrogen and oxygen atoms in total. The Morgan fingerprint density at radius 1 is 1.50 bits per heavy atom. The third kappa shape index (κ3) is 4.00. The van der Waals surface area contributed by atoms with Crippen molar-refractivity contribution in [2.45, 2.75) is 37.9 Å². The van der Waals surface area contributed by atoms with Gasteiger partial charge in [-0.05, 0) is 18.6 Å². The lowest BCUT2D eigenvalue weighted by molar-refractivity contribution is 0.0924. The molecule has 0 aliphatic carbocycles. The van der Waals surface area contributed by atoms with Crippen molar-refractivity contribution in [1.29, 1.82) is 0 Å². The molecule has 1 atom stereocenters. The molecule has 0 saturated carbocycles. The molecular weight excluding hydrogens is 270 g/mol. The zero-order valence-corrected chi connectivity index (χ0v) is 11.3. The van der Waals surface area contributed by atoms with Gasteiger partial charge in [0.25, 0.3) is 5.91 Å². The number of hydrogen-bond donors (Lipinski definition) is 1. The number of rotatable bonds is 6. The van der Waals surface area contributed by atoms with Gasteiger partial charge in [-0.3, -0.25) is 4.79 Å². The van der Waals surface area contributed by atoms with Crippen molar-refractivity contribution in [3.8, 4) is 0 Å². The van der Waals surface area contributed by atoms with Crippen molar-refractivity contribution in [3.05, 3.63) is 23.7 Å². The maximum atomic E-state index is 11.7. The molecule has 1 rings (SSSR count). The molecule has 90 valence electrons. The van der Waals surface area contributed by atoms with Crippen LogP contribution < -0.4 is 5.32 Å². The Hall–Kier alpha value is -0.770. The van der Waals surface area contributed by atoms with Gasteiger partial charge in [0.15, 0.2) is 5.76 Å². The van der Waals surface area contributed by atoms with Crippen LogP contribution in [0.5, 0.6) is 0 Å². The predicted molar refractivity (Wildman–Crippen MR) is 68.0 cm³/mol. The maximum absolute atomic E-state index is 11.7. The standard InChI is InChI=1S/C12H18BrNO2/c1-3-5-9(13)8-14-12(15)11-7-6-10(4-2)16-11/h6-7,9H,3-5,8H2,1-2H3,(H,14,15). The normalized spacial score (nSPS) is 12.4. The van der Waals surface area contributed by atoms with Crippen LogP contribution in [0.4, 0.5) is 0 Å². The summed E-state index contributed by atoms with van der Waals surface area (Å²) in [5, 5.41) is 2.84. The molecule has 0 fully saturated rings. The highest BCUT2D eigenvalue weighted by atomic mass is 79.9. The van der Waals surface area contributed by atoms with Crippen molar-refractivity contribution in [2.75, 3.05) is 6.54 Å². The first-order valence-electron chi connectivity index (χ1n) is 5.68. The minimum atomic E-state index is -0.139. The molecule has 16 heavy (non-hydrogen) atoms. The van der Waals surface area contributed by atoms with Crippen molar-refractivity contribution in [3.63, 3.8) is 0 Å². The molecule has 0 aliphatic rings. The van der Waals surface area contributed by atoms with E-state index >= 15 is 0 Å². The Morgan fingerprint density at radius 2 is 2.25 bits per heavy atom. The molecule has 0 bridgehead atoms. The molecule has 0 saturated heterocycles. The van der Waals surface area contributed by atoms with Gasteiger partial charge in [-0.25, -0.2) is 0 Å². The molecule has 1 unspecified atom stereocenters. The van der Waals surface area contributed by atoms with E-state index in [1.54, 1.807) is 6.07 Å². The summed E-state index contributed by atoms with van der Waals surface area (Å²) in [5.74, 6) is 1.10. The van der Waals surface area contributed by atoms with E-state index in [-0.39, 0.29) is 5.91 Å². The lowest BCUT2D eigenvalue weighted by Crippen LogP contribution is -2.29. The van der Waals surface area contributed by atoms with Gasteiger partial charge in [-0.15, -0.1) is 0 Å². The van der Waals surface area contributed by atoms with E-state index in [0.717, 1.165) is 25.0 Å². The molecule has 1 heterocycles. The average Bonchev–Trinajstić information content (AvgIpc) is 2.75. The monoisotopic (exact) mass is 287 g/mol. The highest BCUT2D eigenvalue weighted by Crippen LogP contribution is 2.09. The molecular formula is C12H18BrNO2. The van der Waals surface area contributed by atoms with Crippen LogP contribution in [0.1, 0.15) is 43.0 Å². The number of nitrogens with one attached hydrogen (secondary N) is 1. The fraction of sp³-hybridized carbons (Fsp3) is 0.583. The number of hydrogen-bond acceptors (Lipinski definition) is 2. The Balaban J connectivity index is 2.40. The van der Waals surface area contributed by atoms with Gasteiger partial charge in [0, 0.05) is 17.8 Å². The fourth-order valence-electron chi connectivity index (χ4n) is 1.40. The molecule has 0 aromatic carbocycles. The lowest BCUT2D eigenvalue weighted by atomic mass is 10.2. The van der Waals surface area contributed by atoms with Gasteiger partial charge in [0.1, 0.15) is 5.76 Å². The first-order chi connectivity index (χ1) is 7.67. The molecule has 0 spiro atoms. The average molecular weight is 288 g/mol. The van der Waals surface area contributed by atoms with Crippen molar-refractivity contribution < 1.29 is 9.21 Å². The Labute approximate surface area is 105 Å². The van der Waals surface area contributed by atoms with Gasteiger partial charge >= 0.3 is 0 Å². The number of carbonyl (C=O) groups is 1. The molecule has 1 aromatic rings. The van der Waals surface area contributed by atoms with Crippen LogP contribution in [0.2, 0.25) is 0 Å². The Bertz CT molecular complexity index is 336. The van der Waals surface area contributed by atoms with Gasteiger partial charge in [-0.1, -0.05) is 36.2 Å². The van der Waals surface area contributed by atoms with Crippen LogP contribution in [0.25, 0.3) is 0 Å². The Morgan fingerprint density at radius 3 is 2.81 bits per heavy atom. The van der Waals surface area contributed by atoms with Gasteiger partial charge < -0.3 is 9.73 Å². The van der Waals surface area contributed by atoms with E-state index in [4.69, 9.17) is 4.42 Å². The van der Waals surface area contributed by atoms with Crippen molar-refractivity contribution in [1.82, 2.24) is 5.32 Å². The van der Waals surface area contributed by atoms with Gasteiger partial charge in [-0.2, -0.15) is 0 Å². The van der Waals surface area contributed by atoms with Crippen LogP contribution in [-0.2, 0) is 6.42 Å². The van der Waals surface area contributed by atoms with Crippen LogP contribution in [0.15, 0.2) is 16.5 Å². The smallest absolute Gasteiger partial charge is 0.287 e. The summed E-state index contributed by atoms with van der Waals surface area (Å²) in [5.41, 5.74) is 0. The van der Waals surface area contributed by atoms with Crippen LogP contribution in [0.3, 0.4) is 0 Å². The first-order valence-corrected chi connectivity index (χ1v) is 6.59. The molecule has 1 amide bonds. The van der Waals surface area contributed by atoms with E-state index in [9.17, 15) is 4.79 Å². The Kier molecular flexibility index (Phi) is 5.60. The van der Waals surface area contributed by atoms with Gasteiger partial charge in [0.2, 0.25) is 0 Å². The first kappa shape index (κ1) is 13.3. The van der Waals surface area contributed by atoms with Crippen LogP contribution >= 0.6 is 15.9 Å². The molecule has 4 heteroatoms. The largest absolute Gasteiger partial charge is 0.456 e. The predicted octanol–water partition coefficient (Wildman–Crippen LogP) is 3.14. The van der Waals surface area contributed by atoms with E-state index in [1.807, 2.05) is 13.0 Å². The maximum Gasteiger partial charge on any atom is 0.287 e. The summed E-state index contributed by atoms with van der Waals surface area (Å²) in [7, 11) is 0. The zero-order valence-electron chi connectivity index (χ0n) is 9.75.